The first-order valence-corrected chi connectivity index (χ1v) is 6.73. The van der Waals surface area contributed by atoms with E-state index in [9.17, 15) is 0 Å². The Bertz CT molecular complexity index is 354. The van der Waals surface area contributed by atoms with Crippen LogP contribution in [0.1, 0.15) is 18.2 Å². The summed E-state index contributed by atoms with van der Waals surface area (Å²) in [6, 6.07) is 4.09. The molecule has 16 heavy (non-hydrogen) atoms. The summed E-state index contributed by atoms with van der Waals surface area (Å²) < 4.78 is 1.14. The Kier molecular flexibility index (Phi) is 5.79. The van der Waals surface area contributed by atoms with E-state index in [2.05, 4.69) is 32.5 Å². The number of hydrogen-bond acceptors (Lipinski definition) is 4. The van der Waals surface area contributed by atoms with E-state index in [1.807, 2.05) is 13.0 Å². The summed E-state index contributed by atoms with van der Waals surface area (Å²) in [5, 5.41) is 14.8. The number of nitrogens with zero attached hydrogens (tertiary/aromatic N) is 1. The number of nitrogens with one attached hydrogen (secondary N) is 1. The molecule has 1 rings (SSSR count). The van der Waals surface area contributed by atoms with Gasteiger partial charge in [0.15, 0.2) is 5.84 Å². The van der Waals surface area contributed by atoms with Gasteiger partial charge in [-0.3, -0.25) is 0 Å². The number of rotatable bonds is 6. The van der Waals surface area contributed by atoms with E-state index in [4.69, 9.17) is 10.9 Å². The Balaban J connectivity index is 2.34. The highest BCUT2D eigenvalue weighted by Crippen LogP contribution is 2.22. The van der Waals surface area contributed by atoms with Crippen molar-refractivity contribution in [2.75, 3.05) is 6.54 Å². The van der Waals surface area contributed by atoms with Crippen LogP contribution in [0.3, 0.4) is 0 Å². The van der Waals surface area contributed by atoms with Crippen LogP contribution in [0.2, 0.25) is 0 Å². The molecule has 0 aromatic carbocycles. The quantitative estimate of drug-likeness (QED) is 0.326. The van der Waals surface area contributed by atoms with Crippen LogP contribution in [0.5, 0.6) is 0 Å². The second-order valence-electron chi connectivity index (χ2n) is 3.40. The molecule has 0 radical (unpaired) electrons. The molecule has 1 atom stereocenters. The molecule has 0 aliphatic heterocycles. The summed E-state index contributed by atoms with van der Waals surface area (Å²) in [7, 11) is 0. The molecule has 0 spiro atoms. The van der Waals surface area contributed by atoms with Crippen molar-refractivity contribution in [1.82, 2.24) is 5.32 Å². The zero-order valence-corrected chi connectivity index (χ0v) is 11.5. The molecule has 4 N–H and O–H groups in total. The van der Waals surface area contributed by atoms with E-state index in [1.165, 1.54) is 4.88 Å². The van der Waals surface area contributed by atoms with Crippen LogP contribution < -0.4 is 11.1 Å². The molecule has 1 aromatic heterocycles. The van der Waals surface area contributed by atoms with Gasteiger partial charge in [0.2, 0.25) is 0 Å². The maximum atomic E-state index is 8.57. The van der Waals surface area contributed by atoms with Gasteiger partial charge >= 0.3 is 0 Å². The van der Waals surface area contributed by atoms with Gasteiger partial charge in [0.05, 0.1) is 9.83 Å². The van der Waals surface area contributed by atoms with Gasteiger partial charge in [0.1, 0.15) is 0 Å². The van der Waals surface area contributed by atoms with E-state index in [0.717, 1.165) is 23.2 Å². The fraction of sp³-hybridized carbons (Fsp3) is 0.500. The second kappa shape index (κ2) is 6.88. The van der Waals surface area contributed by atoms with Gasteiger partial charge in [0, 0.05) is 11.4 Å². The maximum absolute atomic E-state index is 8.57. The summed E-state index contributed by atoms with van der Waals surface area (Å²) in [4.78, 5) is 1.31. The number of amidine groups is 1. The molecule has 0 fully saturated rings. The molecular formula is C10H16BrN3OS. The molecule has 90 valence electrons. The zero-order chi connectivity index (χ0) is 12.0. The van der Waals surface area contributed by atoms with E-state index in [-0.39, 0.29) is 11.9 Å². The van der Waals surface area contributed by atoms with Crippen molar-refractivity contribution in [3.05, 3.63) is 20.8 Å². The van der Waals surface area contributed by atoms with Crippen LogP contribution in [0.4, 0.5) is 0 Å². The Hall–Kier alpha value is -0.590. The van der Waals surface area contributed by atoms with E-state index < -0.39 is 0 Å². The maximum Gasteiger partial charge on any atom is 0.156 e. The van der Waals surface area contributed by atoms with Crippen molar-refractivity contribution >= 4 is 33.1 Å². The summed E-state index contributed by atoms with van der Waals surface area (Å²) in [6.45, 7) is 2.82. The lowest BCUT2D eigenvalue weighted by Gasteiger charge is -2.14. The highest BCUT2D eigenvalue weighted by atomic mass is 79.9. The SMILES string of the molecule is CCC(NCCc1ccc(Br)s1)/C(N)=N/O. The van der Waals surface area contributed by atoms with E-state index in [0.29, 0.717) is 0 Å². The smallest absolute Gasteiger partial charge is 0.156 e. The highest BCUT2D eigenvalue weighted by Gasteiger charge is 2.10. The molecular weight excluding hydrogens is 290 g/mol. The second-order valence-corrected chi connectivity index (χ2v) is 5.94. The van der Waals surface area contributed by atoms with Crippen LogP contribution in [0.15, 0.2) is 21.1 Å². The van der Waals surface area contributed by atoms with Gasteiger partial charge in [-0.15, -0.1) is 11.3 Å². The molecule has 0 bridgehead atoms. The van der Waals surface area contributed by atoms with Crippen LogP contribution in [-0.4, -0.2) is 23.6 Å². The Morgan fingerprint density at radius 3 is 2.94 bits per heavy atom. The lowest BCUT2D eigenvalue weighted by atomic mass is 10.2. The van der Waals surface area contributed by atoms with Gasteiger partial charge in [-0.1, -0.05) is 12.1 Å². The molecule has 0 aliphatic rings. The predicted molar refractivity (Wildman–Crippen MR) is 71.2 cm³/mol. The fourth-order valence-corrected chi connectivity index (χ4v) is 2.87. The number of hydrogen-bond donors (Lipinski definition) is 3. The molecule has 0 aliphatic carbocycles. The number of nitrogens with two attached hydrogens (primary N) is 1. The summed E-state index contributed by atoms with van der Waals surface area (Å²) in [5.74, 6) is 0.245. The average Bonchev–Trinajstić information content (AvgIpc) is 2.69. The predicted octanol–water partition coefficient (Wildman–Crippen LogP) is 2.17. The Labute approximate surface area is 108 Å². The number of oxime groups is 1. The minimum atomic E-state index is -0.0478. The Morgan fingerprint density at radius 2 is 2.44 bits per heavy atom. The largest absolute Gasteiger partial charge is 0.409 e. The topological polar surface area (TPSA) is 70.6 Å². The van der Waals surface area contributed by atoms with E-state index >= 15 is 0 Å². The average molecular weight is 306 g/mol. The van der Waals surface area contributed by atoms with Crippen LogP contribution >= 0.6 is 27.3 Å². The van der Waals surface area contributed by atoms with Gasteiger partial charge in [-0.2, -0.15) is 0 Å². The first-order chi connectivity index (χ1) is 7.67. The van der Waals surface area contributed by atoms with Gasteiger partial charge in [0.25, 0.3) is 0 Å². The van der Waals surface area contributed by atoms with Crippen molar-refractivity contribution in [1.29, 1.82) is 0 Å². The van der Waals surface area contributed by atoms with Gasteiger partial charge < -0.3 is 16.3 Å². The van der Waals surface area contributed by atoms with Crippen LogP contribution in [0.25, 0.3) is 0 Å². The third kappa shape index (κ3) is 4.11. The first kappa shape index (κ1) is 13.5. The Morgan fingerprint density at radius 1 is 1.69 bits per heavy atom. The van der Waals surface area contributed by atoms with Crippen molar-refractivity contribution < 1.29 is 5.21 Å². The molecule has 1 aromatic rings. The summed E-state index contributed by atoms with van der Waals surface area (Å²) in [5.41, 5.74) is 5.54. The lowest BCUT2D eigenvalue weighted by molar-refractivity contribution is 0.314. The standard InChI is InChI=1S/C10H16BrN3OS/c1-2-8(10(12)14-15)13-6-5-7-3-4-9(11)16-7/h3-4,8,13,15H,2,5-6H2,1H3,(H2,12,14). The van der Waals surface area contributed by atoms with Crippen molar-refractivity contribution in [2.45, 2.75) is 25.8 Å². The zero-order valence-electron chi connectivity index (χ0n) is 9.11. The van der Waals surface area contributed by atoms with Crippen LogP contribution in [-0.2, 0) is 6.42 Å². The minimum Gasteiger partial charge on any atom is -0.409 e. The summed E-state index contributed by atoms with van der Waals surface area (Å²) in [6.07, 6.45) is 1.76. The third-order valence-electron chi connectivity index (χ3n) is 2.27. The molecule has 1 unspecified atom stereocenters. The third-order valence-corrected chi connectivity index (χ3v) is 3.96. The first-order valence-electron chi connectivity index (χ1n) is 5.12. The van der Waals surface area contributed by atoms with Gasteiger partial charge in [-0.25, -0.2) is 0 Å². The number of thiophene rings is 1. The highest BCUT2D eigenvalue weighted by molar-refractivity contribution is 9.11. The van der Waals surface area contributed by atoms with Crippen LogP contribution in [0, 0.1) is 0 Å². The molecule has 4 nitrogen and oxygen atoms in total. The van der Waals surface area contributed by atoms with Crippen molar-refractivity contribution in [3.63, 3.8) is 0 Å². The van der Waals surface area contributed by atoms with Crippen molar-refractivity contribution in [2.24, 2.45) is 10.9 Å². The number of halogens is 1. The summed E-state index contributed by atoms with van der Waals surface area (Å²) >= 11 is 5.15. The molecule has 6 heteroatoms. The minimum absolute atomic E-state index is 0.0478. The van der Waals surface area contributed by atoms with Gasteiger partial charge in [-0.05, 0) is 40.9 Å². The lowest BCUT2D eigenvalue weighted by Crippen LogP contribution is -2.41. The monoisotopic (exact) mass is 305 g/mol. The molecule has 0 saturated heterocycles. The normalized spacial score (nSPS) is 14.0. The molecule has 0 amide bonds. The molecule has 0 saturated carbocycles. The van der Waals surface area contributed by atoms with Crippen molar-refractivity contribution in [3.8, 4) is 0 Å². The molecule has 1 heterocycles. The fourth-order valence-electron chi connectivity index (χ4n) is 1.38. The van der Waals surface area contributed by atoms with E-state index in [1.54, 1.807) is 11.3 Å².